The molecule has 1 aromatic rings. The Balaban J connectivity index is 2.17. The molecule has 1 unspecified atom stereocenters. The Kier molecular flexibility index (Phi) is 3.57. The van der Waals surface area contributed by atoms with E-state index in [1.54, 1.807) is 18.2 Å². The molecule has 0 aromatic heterocycles. The van der Waals surface area contributed by atoms with Gasteiger partial charge < -0.3 is 10.6 Å². The van der Waals surface area contributed by atoms with Crippen LogP contribution < -0.4 is 5.73 Å². The highest BCUT2D eigenvalue weighted by Gasteiger charge is 2.26. The number of likely N-dealkylation sites (tertiary alicyclic amines) is 1. The number of amides is 1. The first-order valence-corrected chi connectivity index (χ1v) is 6.34. The molecule has 2 rings (SSSR count). The van der Waals surface area contributed by atoms with Crippen molar-refractivity contribution < 1.29 is 4.79 Å². The normalized spacial score (nSPS) is 19.6. The quantitative estimate of drug-likeness (QED) is 0.823. The van der Waals surface area contributed by atoms with E-state index in [-0.39, 0.29) is 5.91 Å². The van der Waals surface area contributed by atoms with Crippen molar-refractivity contribution in [1.29, 1.82) is 0 Å². The molecule has 17 heavy (non-hydrogen) atoms. The summed E-state index contributed by atoms with van der Waals surface area (Å²) in [6.45, 7) is 3.81. The number of halogens is 1. The molecule has 1 fully saturated rings. The summed E-state index contributed by atoms with van der Waals surface area (Å²) in [5, 5.41) is 0.476. The fourth-order valence-electron chi connectivity index (χ4n) is 2.23. The van der Waals surface area contributed by atoms with Crippen LogP contribution in [-0.4, -0.2) is 23.9 Å². The SMILES string of the molecule is CCC1CCN(C(=O)c2cc(N)ccc2Cl)C1. The lowest BCUT2D eigenvalue weighted by atomic mass is 10.1. The van der Waals surface area contributed by atoms with Gasteiger partial charge in [0.25, 0.3) is 5.91 Å². The number of nitrogens with zero attached hydrogens (tertiary/aromatic N) is 1. The molecule has 0 bridgehead atoms. The highest BCUT2D eigenvalue weighted by atomic mass is 35.5. The van der Waals surface area contributed by atoms with Crippen molar-refractivity contribution in [2.45, 2.75) is 19.8 Å². The lowest BCUT2D eigenvalue weighted by Crippen LogP contribution is -2.28. The number of carbonyl (C=O) groups excluding carboxylic acids is 1. The van der Waals surface area contributed by atoms with E-state index in [0.29, 0.717) is 22.2 Å². The van der Waals surface area contributed by atoms with E-state index >= 15 is 0 Å². The number of nitrogen functional groups attached to an aromatic ring is 1. The van der Waals surface area contributed by atoms with Gasteiger partial charge in [-0.2, -0.15) is 0 Å². The molecule has 2 N–H and O–H groups in total. The predicted molar refractivity (Wildman–Crippen MR) is 70.2 cm³/mol. The van der Waals surface area contributed by atoms with Gasteiger partial charge in [-0.15, -0.1) is 0 Å². The molecular formula is C13H17ClN2O. The molecule has 1 aliphatic rings. The van der Waals surface area contributed by atoms with Gasteiger partial charge in [0.05, 0.1) is 10.6 Å². The van der Waals surface area contributed by atoms with Crippen molar-refractivity contribution in [1.82, 2.24) is 4.90 Å². The van der Waals surface area contributed by atoms with Crippen LogP contribution in [0.25, 0.3) is 0 Å². The maximum atomic E-state index is 12.3. The summed E-state index contributed by atoms with van der Waals surface area (Å²) in [4.78, 5) is 14.1. The highest BCUT2D eigenvalue weighted by molar-refractivity contribution is 6.34. The topological polar surface area (TPSA) is 46.3 Å². The fourth-order valence-corrected chi connectivity index (χ4v) is 2.43. The van der Waals surface area contributed by atoms with Gasteiger partial charge in [0.2, 0.25) is 0 Å². The van der Waals surface area contributed by atoms with Crippen molar-refractivity contribution in [2.75, 3.05) is 18.8 Å². The average Bonchev–Trinajstić information content (AvgIpc) is 2.80. The molecule has 1 atom stereocenters. The van der Waals surface area contributed by atoms with Gasteiger partial charge in [-0.3, -0.25) is 4.79 Å². The van der Waals surface area contributed by atoms with E-state index in [4.69, 9.17) is 17.3 Å². The van der Waals surface area contributed by atoms with Crippen LogP contribution in [0.15, 0.2) is 18.2 Å². The van der Waals surface area contributed by atoms with Crippen molar-refractivity contribution in [2.24, 2.45) is 5.92 Å². The van der Waals surface area contributed by atoms with Crippen molar-refractivity contribution in [3.05, 3.63) is 28.8 Å². The van der Waals surface area contributed by atoms with E-state index in [2.05, 4.69) is 6.92 Å². The van der Waals surface area contributed by atoms with Crippen molar-refractivity contribution >= 4 is 23.2 Å². The second-order valence-corrected chi connectivity index (χ2v) is 4.96. The molecule has 4 heteroatoms. The van der Waals surface area contributed by atoms with Crippen LogP contribution in [0, 0.1) is 5.92 Å². The van der Waals surface area contributed by atoms with E-state index < -0.39 is 0 Å². The Morgan fingerprint density at radius 3 is 3.00 bits per heavy atom. The smallest absolute Gasteiger partial charge is 0.255 e. The van der Waals surface area contributed by atoms with Gasteiger partial charge in [0, 0.05) is 18.8 Å². The third-order valence-electron chi connectivity index (χ3n) is 3.37. The molecule has 0 saturated carbocycles. The largest absolute Gasteiger partial charge is 0.399 e. The van der Waals surface area contributed by atoms with Gasteiger partial charge >= 0.3 is 0 Å². The molecule has 0 radical (unpaired) electrons. The van der Waals surface area contributed by atoms with E-state index in [1.165, 1.54) is 0 Å². The second-order valence-electron chi connectivity index (χ2n) is 4.55. The lowest BCUT2D eigenvalue weighted by Gasteiger charge is -2.17. The van der Waals surface area contributed by atoms with Crippen molar-refractivity contribution in [3.8, 4) is 0 Å². The molecule has 0 aliphatic carbocycles. The van der Waals surface area contributed by atoms with E-state index in [9.17, 15) is 4.79 Å². The van der Waals surface area contributed by atoms with Gasteiger partial charge in [0.1, 0.15) is 0 Å². The Morgan fingerprint density at radius 2 is 2.35 bits per heavy atom. The van der Waals surface area contributed by atoms with Gasteiger partial charge in [-0.05, 0) is 30.5 Å². The number of carbonyl (C=O) groups is 1. The zero-order valence-corrected chi connectivity index (χ0v) is 10.7. The van der Waals surface area contributed by atoms with Gasteiger partial charge in [0.15, 0.2) is 0 Å². The van der Waals surface area contributed by atoms with Gasteiger partial charge in [-0.25, -0.2) is 0 Å². The number of hydrogen-bond acceptors (Lipinski definition) is 2. The van der Waals surface area contributed by atoms with Crippen LogP contribution in [0.5, 0.6) is 0 Å². The zero-order valence-electron chi connectivity index (χ0n) is 9.95. The minimum atomic E-state index is -0.00162. The number of benzene rings is 1. The maximum Gasteiger partial charge on any atom is 0.255 e. The third-order valence-corrected chi connectivity index (χ3v) is 3.70. The number of nitrogens with two attached hydrogens (primary N) is 1. The third kappa shape index (κ3) is 2.55. The predicted octanol–water partition coefficient (Wildman–Crippen LogP) is 2.79. The zero-order chi connectivity index (χ0) is 12.4. The number of rotatable bonds is 2. The Labute approximate surface area is 107 Å². The van der Waals surface area contributed by atoms with Gasteiger partial charge in [-0.1, -0.05) is 24.9 Å². The molecular weight excluding hydrogens is 236 g/mol. The summed E-state index contributed by atoms with van der Waals surface area (Å²) in [6, 6.07) is 5.04. The first-order valence-electron chi connectivity index (χ1n) is 5.96. The summed E-state index contributed by atoms with van der Waals surface area (Å²) in [5.74, 6) is 0.622. The van der Waals surface area contributed by atoms with Crippen molar-refractivity contribution in [3.63, 3.8) is 0 Å². The van der Waals surface area contributed by atoms with E-state index in [0.717, 1.165) is 25.9 Å². The van der Waals surface area contributed by atoms with Crippen LogP contribution in [0.4, 0.5) is 5.69 Å². The number of anilines is 1. The standard InChI is InChI=1S/C13H17ClN2O/c1-2-9-5-6-16(8-9)13(17)11-7-10(15)3-4-12(11)14/h3-4,7,9H,2,5-6,8,15H2,1H3. The molecule has 1 saturated heterocycles. The monoisotopic (exact) mass is 252 g/mol. The molecule has 1 aliphatic heterocycles. The van der Waals surface area contributed by atoms with Crippen LogP contribution in [0.2, 0.25) is 5.02 Å². The molecule has 1 heterocycles. The molecule has 1 aromatic carbocycles. The highest BCUT2D eigenvalue weighted by Crippen LogP contribution is 2.25. The second kappa shape index (κ2) is 4.96. The Morgan fingerprint density at radius 1 is 1.59 bits per heavy atom. The fraction of sp³-hybridized carbons (Fsp3) is 0.462. The molecule has 0 spiro atoms. The average molecular weight is 253 g/mol. The maximum absolute atomic E-state index is 12.3. The molecule has 92 valence electrons. The summed E-state index contributed by atoms with van der Waals surface area (Å²) in [7, 11) is 0. The van der Waals surface area contributed by atoms with Crippen LogP contribution in [0.3, 0.4) is 0 Å². The number of hydrogen-bond donors (Lipinski definition) is 1. The minimum Gasteiger partial charge on any atom is -0.399 e. The molecule has 1 amide bonds. The summed E-state index contributed by atoms with van der Waals surface area (Å²) in [5.41, 5.74) is 6.78. The Bertz CT molecular complexity index is 433. The minimum absolute atomic E-state index is 0.00162. The summed E-state index contributed by atoms with van der Waals surface area (Å²) in [6.07, 6.45) is 2.20. The van der Waals surface area contributed by atoms with Crippen LogP contribution in [-0.2, 0) is 0 Å². The first kappa shape index (κ1) is 12.2. The first-order chi connectivity index (χ1) is 8.11. The summed E-state index contributed by atoms with van der Waals surface area (Å²) < 4.78 is 0. The Hall–Kier alpha value is -1.22. The van der Waals surface area contributed by atoms with Crippen LogP contribution in [0.1, 0.15) is 30.1 Å². The molecule has 3 nitrogen and oxygen atoms in total. The lowest BCUT2D eigenvalue weighted by molar-refractivity contribution is 0.0787. The summed E-state index contributed by atoms with van der Waals surface area (Å²) >= 11 is 6.04. The van der Waals surface area contributed by atoms with E-state index in [1.807, 2.05) is 4.90 Å². The van der Waals surface area contributed by atoms with Crippen LogP contribution >= 0.6 is 11.6 Å².